The van der Waals surface area contributed by atoms with Gasteiger partial charge < -0.3 is 15.1 Å². The van der Waals surface area contributed by atoms with Crippen molar-refractivity contribution in [1.82, 2.24) is 4.98 Å². The molecule has 4 rings (SSSR count). The van der Waals surface area contributed by atoms with Gasteiger partial charge >= 0.3 is 0 Å². The summed E-state index contributed by atoms with van der Waals surface area (Å²) in [5.41, 5.74) is 3.72. The summed E-state index contributed by atoms with van der Waals surface area (Å²) in [4.78, 5) is 21.9. The predicted molar refractivity (Wildman–Crippen MR) is 115 cm³/mol. The van der Waals surface area contributed by atoms with Crippen LogP contribution in [0.15, 0.2) is 42.7 Å². The molecule has 2 saturated heterocycles. The number of nitrogens with zero attached hydrogens (tertiary/aromatic N) is 3. The molecule has 2 aliphatic rings. The average Bonchev–Trinajstić information content (AvgIpc) is 3.29. The summed E-state index contributed by atoms with van der Waals surface area (Å²) in [7, 11) is 0. The van der Waals surface area contributed by atoms with E-state index in [-0.39, 0.29) is 5.91 Å². The summed E-state index contributed by atoms with van der Waals surface area (Å²) in [5, 5.41) is 3.02. The molecular formula is C23H30N4O. The van der Waals surface area contributed by atoms with Crippen LogP contribution in [0.5, 0.6) is 0 Å². The molecule has 0 saturated carbocycles. The Labute approximate surface area is 167 Å². The van der Waals surface area contributed by atoms with Crippen LogP contribution in [0.3, 0.4) is 0 Å². The number of hydrogen-bond acceptors (Lipinski definition) is 4. The second kappa shape index (κ2) is 8.63. The highest BCUT2D eigenvalue weighted by Gasteiger charge is 2.22. The molecule has 0 spiro atoms. The van der Waals surface area contributed by atoms with E-state index in [4.69, 9.17) is 0 Å². The largest absolute Gasteiger partial charge is 0.372 e. The number of pyridine rings is 1. The molecular weight excluding hydrogens is 348 g/mol. The van der Waals surface area contributed by atoms with Gasteiger partial charge in [0.15, 0.2) is 0 Å². The summed E-state index contributed by atoms with van der Waals surface area (Å²) in [6.07, 6.45) is 10.9. The minimum Gasteiger partial charge on any atom is -0.372 e. The summed E-state index contributed by atoms with van der Waals surface area (Å²) >= 11 is 0. The Hall–Kier alpha value is -2.56. The van der Waals surface area contributed by atoms with Crippen LogP contribution >= 0.6 is 0 Å². The molecule has 2 aliphatic heterocycles. The minimum absolute atomic E-state index is 0.103. The van der Waals surface area contributed by atoms with Crippen LogP contribution in [0.25, 0.3) is 0 Å². The monoisotopic (exact) mass is 378 g/mol. The van der Waals surface area contributed by atoms with Gasteiger partial charge in [0, 0.05) is 43.2 Å². The van der Waals surface area contributed by atoms with E-state index >= 15 is 0 Å². The second-order valence-electron chi connectivity index (χ2n) is 7.88. The van der Waals surface area contributed by atoms with E-state index in [2.05, 4.69) is 39.2 Å². The van der Waals surface area contributed by atoms with Gasteiger partial charge in [-0.2, -0.15) is 0 Å². The first-order valence-corrected chi connectivity index (χ1v) is 10.6. The summed E-state index contributed by atoms with van der Waals surface area (Å²) in [6, 6.07) is 10.7. The quantitative estimate of drug-likeness (QED) is 0.819. The van der Waals surface area contributed by atoms with Gasteiger partial charge in [-0.15, -0.1) is 0 Å². The van der Waals surface area contributed by atoms with E-state index in [9.17, 15) is 4.79 Å². The maximum absolute atomic E-state index is 12.8. The van der Waals surface area contributed by atoms with Crippen LogP contribution in [-0.4, -0.2) is 36.6 Å². The van der Waals surface area contributed by atoms with Crippen molar-refractivity contribution >= 4 is 23.0 Å². The van der Waals surface area contributed by atoms with Gasteiger partial charge in [-0.25, -0.2) is 0 Å². The molecule has 1 aromatic carbocycles. The number of anilines is 3. The zero-order valence-corrected chi connectivity index (χ0v) is 16.7. The zero-order chi connectivity index (χ0) is 19.3. The number of aromatic nitrogens is 1. The molecule has 0 radical (unpaired) electrons. The van der Waals surface area contributed by atoms with Crippen LogP contribution in [0.2, 0.25) is 0 Å². The standard InChI is InChI=1S/C23H30N4O/c1-2-20-7-3-4-14-27(20)22-15-18(16-24-17-22)23(28)25-19-8-10-21(11-9-19)26-12-5-6-13-26/h8-11,15-17,20H,2-7,12-14H2,1H3,(H,25,28). The topological polar surface area (TPSA) is 48.5 Å². The lowest BCUT2D eigenvalue weighted by Gasteiger charge is -2.37. The van der Waals surface area contributed by atoms with Crippen LogP contribution in [0.4, 0.5) is 17.1 Å². The minimum atomic E-state index is -0.103. The van der Waals surface area contributed by atoms with Crippen molar-refractivity contribution in [2.24, 2.45) is 0 Å². The normalized spacial score (nSPS) is 19.7. The maximum atomic E-state index is 12.8. The third-order valence-corrected chi connectivity index (χ3v) is 6.01. The molecule has 1 atom stereocenters. The Morgan fingerprint density at radius 3 is 2.54 bits per heavy atom. The number of carbonyl (C=O) groups excluding carboxylic acids is 1. The van der Waals surface area contributed by atoms with Crippen molar-refractivity contribution in [1.29, 1.82) is 0 Å². The lowest BCUT2D eigenvalue weighted by atomic mass is 9.99. The van der Waals surface area contributed by atoms with E-state index < -0.39 is 0 Å². The first-order valence-electron chi connectivity index (χ1n) is 10.6. The Kier molecular flexibility index (Phi) is 5.79. The molecule has 2 aromatic rings. The van der Waals surface area contributed by atoms with Gasteiger partial charge in [0.25, 0.3) is 5.91 Å². The van der Waals surface area contributed by atoms with Crippen molar-refractivity contribution in [3.05, 3.63) is 48.3 Å². The number of carbonyl (C=O) groups is 1. The molecule has 1 N–H and O–H groups in total. The first-order chi connectivity index (χ1) is 13.7. The zero-order valence-electron chi connectivity index (χ0n) is 16.7. The van der Waals surface area contributed by atoms with E-state index in [1.165, 1.54) is 37.8 Å². The molecule has 3 heterocycles. The molecule has 5 heteroatoms. The average molecular weight is 379 g/mol. The molecule has 5 nitrogen and oxygen atoms in total. The molecule has 1 unspecified atom stereocenters. The number of piperidine rings is 1. The molecule has 0 bridgehead atoms. The molecule has 1 aromatic heterocycles. The van der Waals surface area contributed by atoms with E-state index in [1.54, 1.807) is 6.20 Å². The molecule has 1 amide bonds. The van der Waals surface area contributed by atoms with Gasteiger partial charge in [0.05, 0.1) is 17.4 Å². The van der Waals surface area contributed by atoms with Crippen molar-refractivity contribution in [3.8, 4) is 0 Å². The molecule has 2 fully saturated rings. The molecule has 28 heavy (non-hydrogen) atoms. The van der Waals surface area contributed by atoms with Crippen molar-refractivity contribution in [2.75, 3.05) is 34.8 Å². The maximum Gasteiger partial charge on any atom is 0.257 e. The van der Waals surface area contributed by atoms with Crippen molar-refractivity contribution < 1.29 is 4.79 Å². The van der Waals surface area contributed by atoms with Gasteiger partial charge in [0.1, 0.15) is 0 Å². The first kappa shape index (κ1) is 18.8. The number of hydrogen-bond donors (Lipinski definition) is 1. The van der Waals surface area contributed by atoms with Crippen LogP contribution < -0.4 is 15.1 Å². The fourth-order valence-corrected chi connectivity index (χ4v) is 4.41. The van der Waals surface area contributed by atoms with E-state index in [1.807, 2.05) is 24.4 Å². The fraction of sp³-hybridized carbons (Fsp3) is 0.478. The van der Waals surface area contributed by atoms with Crippen LogP contribution in [0.1, 0.15) is 55.8 Å². The number of nitrogens with one attached hydrogen (secondary N) is 1. The predicted octanol–water partition coefficient (Wildman–Crippen LogP) is 4.70. The van der Waals surface area contributed by atoms with Gasteiger partial charge in [0.2, 0.25) is 0 Å². The molecule has 148 valence electrons. The summed E-state index contributed by atoms with van der Waals surface area (Å²) in [5.74, 6) is -0.103. The summed E-state index contributed by atoms with van der Waals surface area (Å²) in [6.45, 7) is 5.53. The van der Waals surface area contributed by atoms with Gasteiger partial charge in [-0.05, 0) is 68.9 Å². The smallest absolute Gasteiger partial charge is 0.257 e. The third kappa shape index (κ3) is 4.13. The third-order valence-electron chi connectivity index (χ3n) is 6.01. The Morgan fingerprint density at radius 1 is 1.04 bits per heavy atom. The van der Waals surface area contributed by atoms with Crippen LogP contribution in [-0.2, 0) is 0 Å². The highest BCUT2D eigenvalue weighted by molar-refractivity contribution is 6.04. The second-order valence-corrected chi connectivity index (χ2v) is 7.88. The number of benzene rings is 1. The Morgan fingerprint density at radius 2 is 1.79 bits per heavy atom. The summed E-state index contributed by atoms with van der Waals surface area (Å²) < 4.78 is 0. The number of amides is 1. The van der Waals surface area contributed by atoms with E-state index in [0.29, 0.717) is 11.6 Å². The lowest BCUT2D eigenvalue weighted by Crippen LogP contribution is -2.39. The number of rotatable bonds is 5. The van der Waals surface area contributed by atoms with E-state index in [0.717, 1.165) is 37.4 Å². The molecule has 0 aliphatic carbocycles. The lowest BCUT2D eigenvalue weighted by molar-refractivity contribution is 0.102. The Balaban J connectivity index is 1.44. The van der Waals surface area contributed by atoms with Crippen molar-refractivity contribution in [2.45, 2.75) is 51.5 Å². The van der Waals surface area contributed by atoms with Gasteiger partial charge in [-0.1, -0.05) is 6.92 Å². The SMILES string of the molecule is CCC1CCCCN1c1cncc(C(=O)Nc2ccc(N3CCCC3)cc2)c1. The fourth-order valence-electron chi connectivity index (χ4n) is 4.41. The Bertz CT molecular complexity index is 799. The van der Waals surface area contributed by atoms with Gasteiger partial charge in [-0.3, -0.25) is 9.78 Å². The highest BCUT2D eigenvalue weighted by Crippen LogP contribution is 2.27. The van der Waals surface area contributed by atoms with Crippen LogP contribution in [0, 0.1) is 0 Å². The van der Waals surface area contributed by atoms with Crippen molar-refractivity contribution in [3.63, 3.8) is 0 Å². The highest BCUT2D eigenvalue weighted by atomic mass is 16.1.